The first kappa shape index (κ1) is 22.2. The number of hydrazone groups is 1. The van der Waals surface area contributed by atoms with Crippen molar-refractivity contribution < 1.29 is 44.3 Å². The number of rotatable bonds is 2. The van der Waals surface area contributed by atoms with Crippen LogP contribution in [0, 0.1) is 0 Å². The van der Waals surface area contributed by atoms with Gasteiger partial charge in [0.25, 0.3) is 20.2 Å². The van der Waals surface area contributed by atoms with Crippen LogP contribution in [0.1, 0.15) is 0 Å². The molecule has 0 aliphatic carbocycles. The van der Waals surface area contributed by atoms with E-state index in [4.69, 9.17) is 14.8 Å². The van der Waals surface area contributed by atoms with Gasteiger partial charge in [0.05, 0.1) is 9.79 Å². The van der Waals surface area contributed by atoms with Gasteiger partial charge < -0.3 is 10.8 Å². The fourth-order valence-electron chi connectivity index (χ4n) is 2.13. The molecule has 11 nitrogen and oxygen atoms in total. The highest BCUT2D eigenvalue weighted by molar-refractivity contribution is 7.86. The first-order chi connectivity index (χ1) is 13.2. The second kappa shape index (κ2) is 7.74. The van der Waals surface area contributed by atoms with Gasteiger partial charge in [-0.25, -0.2) is 5.43 Å². The minimum Gasteiger partial charge on any atom is -0.507 e. The number of aromatic hydroxyl groups is 1. The van der Waals surface area contributed by atoms with Crippen LogP contribution < -0.4 is 11.2 Å². The second-order valence-electron chi connectivity index (χ2n) is 5.29. The number of benzene rings is 2. The summed E-state index contributed by atoms with van der Waals surface area (Å²) in [6.07, 6.45) is 0.427. The first-order valence-electron chi connectivity index (χ1n) is 7.03. The van der Waals surface area contributed by atoms with Gasteiger partial charge in [-0.3, -0.25) is 9.11 Å². The Bertz CT molecular complexity index is 1170. The third kappa shape index (κ3) is 5.47. The van der Waals surface area contributed by atoms with E-state index in [-0.39, 0.29) is 16.5 Å². The molecule has 158 valence electrons. The fourth-order valence-corrected chi connectivity index (χ4v) is 3.22. The zero-order chi connectivity index (χ0) is 22.1. The Balaban J connectivity index is 0.000000278. The Labute approximate surface area is 160 Å². The number of fused-ring (bicyclic) bond motifs is 1. The van der Waals surface area contributed by atoms with Crippen LogP contribution in [0.4, 0.5) is 18.9 Å². The molecule has 6 N–H and O–H groups in total. The van der Waals surface area contributed by atoms with E-state index in [1.54, 1.807) is 0 Å². The highest BCUT2D eigenvalue weighted by Crippen LogP contribution is 2.34. The lowest BCUT2D eigenvalue weighted by Gasteiger charge is -2.10. The van der Waals surface area contributed by atoms with E-state index in [2.05, 4.69) is 5.10 Å². The Kier molecular flexibility index (Phi) is 5.93. The van der Waals surface area contributed by atoms with E-state index in [0.29, 0.717) is 6.08 Å². The molecule has 0 saturated carbocycles. The monoisotopic (exact) mass is 456 g/mol. The highest BCUT2D eigenvalue weighted by Gasteiger charge is 2.18. The Morgan fingerprint density at radius 1 is 1.00 bits per heavy atom. The van der Waals surface area contributed by atoms with Crippen LogP contribution in [-0.2, 0) is 20.2 Å². The molecule has 1 aliphatic rings. The molecule has 0 unspecified atom stereocenters. The maximum absolute atomic E-state index is 11.8. The van der Waals surface area contributed by atoms with Gasteiger partial charge in [0.15, 0.2) is 0 Å². The van der Waals surface area contributed by atoms with Crippen molar-refractivity contribution in [3.63, 3.8) is 0 Å². The summed E-state index contributed by atoms with van der Waals surface area (Å²) in [5, 5.41) is 11.6. The molecular formula is C13H11F3N4O7S2. The summed E-state index contributed by atoms with van der Waals surface area (Å²) in [5.74, 6) is -2.88. The number of nitrogens with zero attached hydrogens (tertiary/aromatic N) is 2. The zero-order valence-electron chi connectivity index (χ0n) is 13.8. The maximum atomic E-state index is 11.8. The van der Waals surface area contributed by atoms with Gasteiger partial charge in [-0.05, 0) is 28.9 Å². The number of nitrogens with one attached hydrogen (secondary N) is 1. The molecule has 0 bridgehead atoms. The van der Waals surface area contributed by atoms with Crippen molar-refractivity contribution in [3.8, 4) is 5.75 Å². The molecule has 3 rings (SSSR count). The molecule has 0 amide bonds. The summed E-state index contributed by atoms with van der Waals surface area (Å²) in [6, 6.07) is 3.55. The number of hydrogen-bond donors (Lipinski definition) is 5. The van der Waals surface area contributed by atoms with Gasteiger partial charge >= 0.3 is 0 Å². The third-order valence-electron chi connectivity index (χ3n) is 3.23. The average molecular weight is 456 g/mol. The van der Waals surface area contributed by atoms with Crippen LogP contribution in [0.2, 0.25) is 0 Å². The Morgan fingerprint density at radius 3 is 1.97 bits per heavy atom. The summed E-state index contributed by atoms with van der Waals surface area (Å²) in [5.41, 5.74) is 6.84. The van der Waals surface area contributed by atoms with Crippen LogP contribution in [0.3, 0.4) is 0 Å². The number of nitrogen functional groups attached to an aromatic ring is 1. The quantitative estimate of drug-likeness (QED) is 0.192. The van der Waals surface area contributed by atoms with Crippen molar-refractivity contribution in [2.45, 2.75) is 9.79 Å². The second-order valence-corrected chi connectivity index (χ2v) is 8.13. The lowest BCUT2D eigenvalue weighted by molar-refractivity contribution is -0.0290. The smallest absolute Gasteiger partial charge is 0.294 e. The molecule has 0 saturated heterocycles. The predicted molar refractivity (Wildman–Crippen MR) is 93.5 cm³/mol. The number of hydrazine groups is 1. The van der Waals surface area contributed by atoms with E-state index in [9.17, 15) is 35.2 Å². The summed E-state index contributed by atoms with van der Waals surface area (Å²) in [6.45, 7) is 0. The molecule has 0 fully saturated rings. The van der Waals surface area contributed by atoms with Crippen molar-refractivity contribution >= 4 is 42.7 Å². The molecule has 16 heteroatoms. The Morgan fingerprint density at radius 2 is 1.52 bits per heavy atom. The molecule has 0 radical (unpaired) electrons. The number of phenolic OH excluding ortho intramolecular Hbond substituents is 1. The van der Waals surface area contributed by atoms with Crippen LogP contribution in [0.5, 0.6) is 5.75 Å². The summed E-state index contributed by atoms with van der Waals surface area (Å²) in [4.78, 5) is -1.19. The average Bonchev–Trinajstić information content (AvgIpc) is 2.51. The van der Waals surface area contributed by atoms with Gasteiger partial charge in [0.1, 0.15) is 5.75 Å². The molecule has 2 aromatic carbocycles. The predicted octanol–water partition coefficient (Wildman–Crippen LogP) is 1.41. The minimum absolute atomic E-state index is 0.00444. The van der Waals surface area contributed by atoms with Crippen molar-refractivity contribution in [2.75, 3.05) is 5.73 Å². The fraction of sp³-hybridized carbons (Fsp3) is 0. The summed E-state index contributed by atoms with van der Waals surface area (Å²) in [7, 11) is -9.14. The van der Waals surface area contributed by atoms with Crippen molar-refractivity contribution in [2.24, 2.45) is 5.10 Å². The number of hydrogen-bond acceptors (Lipinski definition) is 9. The van der Waals surface area contributed by atoms with Gasteiger partial charge in [0.2, 0.25) is 11.9 Å². The number of allylic oxidation sites excluding steroid dienone is 1. The SMILES string of the molecule is FC1=CC(F)=NN(F)N1.Nc1cc(S(=O)(=O)O)cc2cc(S(=O)(=O)O)cc(O)c12. The molecule has 29 heavy (non-hydrogen) atoms. The number of halogens is 3. The number of anilines is 1. The van der Waals surface area contributed by atoms with Gasteiger partial charge in [-0.2, -0.15) is 25.6 Å². The largest absolute Gasteiger partial charge is 0.507 e. The summed E-state index contributed by atoms with van der Waals surface area (Å²) >= 11 is 0. The molecule has 1 aliphatic heterocycles. The van der Waals surface area contributed by atoms with Gasteiger partial charge in [-0.1, -0.05) is 9.58 Å². The van der Waals surface area contributed by atoms with E-state index in [0.717, 1.165) is 24.3 Å². The van der Waals surface area contributed by atoms with Crippen molar-refractivity contribution in [1.82, 2.24) is 10.8 Å². The number of nitrogens with two attached hydrogens (primary N) is 1. The zero-order valence-corrected chi connectivity index (χ0v) is 15.4. The molecule has 1 heterocycles. The normalized spacial score (nSPS) is 14.4. The molecule has 0 spiro atoms. The van der Waals surface area contributed by atoms with Gasteiger partial charge in [-0.15, -0.1) is 0 Å². The van der Waals surface area contributed by atoms with E-state index < -0.39 is 53.0 Å². The van der Waals surface area contributed by atoms with E-state index in [1.807, 2.05) is 0 Å². The maximum Gasteiger partial charge on any atom is 0.294 e. The molecule has 0 atom stereocenters. The molecule has 2 aromatic rings. The van der Waals surface area contributed by atoms with Crippen molar-refractivity contribution in [1.29, 1.82) is 0 Å². The Hall–Kier alpha value is -3.08. The lowest BCUT2D eigenvalue weighted by Crippen LogP contribution is -2.27. The van der Waals surface area contributed by atoms with Crippen molar-refractivity contribution in [3.05, 3.63) is 36.3 Å². The van der Waals surface area contributed by atoms with Gasteiger partial charge in [0, 0.05) is 23.2 Å². The standard InChI is InChI=1S/C10H9NO7S2.C3H2F3N3/c11-8-3-6(19(13,14)15)1-5-2-7(20(16,17)18)4-9(12)10(5)8;4-2-1-3(5)8-9(6)7-2/h1-4,12H,11H2,(H,13,14,15)(H,16,17,18);1,7H. The highest BCUT2D eigenvalue weighted by atomic mass is 32.2. The van der Waals surface area contributed by atoms with E-state index in [1.165, 1.54) is 5.43 Å². The van der Waals surface area contributed by atoms with Crippen LogP contribution in [0.15, 0.2) is 51.2 Å². The molecular weight excluding hydrogens is 445 g/mol. The number of phenols is 1. The molecule has 0 aromatic heterocycles. The summed E-state index contributed by atoms with van der Waals surface area (Å²) < 4.78 is 97.4. The van der Waals surface area contributed by atoms with Crippen LogP contribution in [-0.4, -0.2) is 42.4 Å². The van der Waals surface area contributed by atoms with Crippen LogP contribution >= 0.6 is 0 Å². The third-order valence-corrected chi connectivity index (χ3v) is 4.89. The first-order valence-corrected chi connectivity index (χ1v) is 9.91. The van der Waals surface area contributed by atoms with E-state index >= 15 is 0 Å². The van der Waals surface area contributed by atoms with Crippen LogP contribution in [0.25, 0.3) is 10.8 Å². The lowest BCUT2D eigenvalue weighted by atomic mass is 10.1. The topological polar surface area (TPSA) is 183 Å². The minimum atomic E-state index is -4.59.